The summed E-state index contributed by atoms with van der Waals surface area (Å²) in [5, 5.41) is 9.17. The molecule has 1 fully saturated rings. The minimum atomic E-state index is -4.06. The average Bonchev–Trinajstić information content (AvgIpc) is 1.94. The Morgan fingerprint density at radius 1 is 1.38 bits per heavy atom. The van der Waals surface area contributed by atoms with Gasteiger partial charge in [-0.1, -0.05) is 6.92 Å². The zero-order chi connectivity index (χ0) is 10.1. The minimum Gasteiger partial charge on any atom is -0.393 e. The molecule has 1 N–H and O–H groups in total. The second-order valence-electron chi connectivity index (χ2n) is 4.06. The predicted molar refractivity (Wildman–Crippen MR) is 43.2 cm³/mol. The topological polar surface area (TPSA) is 20.2 Å². The Kier molecular flexibility index (Phi) is 3.22. The van der Waals surface area contributed by atoms with Gasteiger partial charge in [0, 0.05) is 6.42 Å². The van der Waals surface area contributed by atoms with Crippen LogP contribution in [-0.2, 0) is 0 Å². The highest BCUT2D eigenvalue weighted by atomic mass is 19.4. The van der Waals surface area contributed by atoms with E-state index in [1.165, 1.54) is 0 Å². The van der Waals surface area contributed by atoms with Gasteiger partial charge in [0.2, 0.25) is 0 Å². The lowest BCUT2D eigenvalue weighted by atomic mass is 9.76. The minimum absolute atomic E-state index is 0.109. The second-order valence-corrected chi connectivity index (χ2v) is 4.06. The SMILES string of the molecule is CC(CC1CCC1O)CC(F)(F)F. The molecule has 13 heavy (non-hydrogen) atoms. The van der Waals surface area contributed by atoms with Crippen LogP contribution in [0.2, 0.25) is 0 Å². The third-order valence-corrected chi connectivity index (χ3v) is 2.66. The van der Waals surface area contributed by atoms with Crippen molar-refractivity contribution in [3.63, 3.8) is 0 Å². The fourth-order valence-corrected chi connectivity index (χ4v) is 1.82. The molecule has 0 saturated heterocycles. The highest BCUT2D eigenvalue weighted by molar-refractivity contribution is 4.81. The molecule has 0 amide bonds. The van der Waals surface area contributed by atoms with Crippen LogP contribution < -0.4 is 0 Å². The molecule has 0 bridgehead atoms. The molecule has 1 rings (SSSR count). The molecule has 0 heterocycles. The van der Waals surface area contributed by atoms with E-state index in [9.17, 15) is 18.3 Å². The highest BCUT2D eigenvalue weighted by Gasteiger charge is 2.34. The molecule has 3 atom stereocenters. The lowest BCUT2D eigenvalue weighted by Gasteiger charge is -2.34. The van der Waals surface area contributed by atoms with E-state index in [4.69, 9.17) is 0 Å². The summed E-state index contributed by atoms with van der Waals surface area (Å²) in [5.74, 6) is -0.253. The van der Waals surface area contributed by atoms with Gasteiger partial charge < -0.3 is 5.11 Å². The molecule has 1 nitrogen and oxygen atoms in total. The Morgan fingerprint density at radius 2 is 2.00 bits per heavy atom. The molecule has 0 aromatic carbocycles. The van der Waals surface area contributed by atoms with Gasteiger partial charge in [-0.15, -0.1) is 0 Å². The number of alkyl halides is 3. The van der Waals surface area contributed by atoms with Gasteiger partial charge in [0.05, 0.1) is 6.10 Å². The molecule has 3 unspecified atom stereocenters. The van der Waals surface area contributed by atoms with E-state index in [1.807, 2.05) is 0 Å². The van der Waals surface area contributed by atoms with Gasteiger partial charge in [0.15, 0.2) is 0 Å². The molecule has 1 aliphatic carbocycles. The van der Waals surface area contributed by atoms with Crippen molar-refractivity contribution in [1.82, 2.24) is 0 Å². The summed E-state index contributed by atoms with van der Waals surface area (Å²) in [4.78, 5) is 0. The Balaban J connectivity index is 2.21. The first-order valence-corrected chi connectivity index (χ1v) is 4.63. The van der Waals surface area contributed by atoms with Crippen LogP contribution in [-0.4, -0.2) is 17.4 Å². The Hall–Kier alpha value is -0.250. The zero-order valence-electron chi connectivity index (χ0n) is 7.64. The standard InChI is InChI=1S/C9H15F3O/c1-6(5-9(10,11)12)4-7-2-3-8(7)13/h6-8,13H,2-5H2,1H3. The molecule has 4 heteroatoms. The fraction of sp³-hybridized carbons (Fsp3) is 1.00. The lowest BCUT2D eigenvalue weighted by molar-refractivity contribution is -0.146. The Bertz CT molecular complexity index is 167. The number of hydrogen-bond donors (Lipinski definition) is 1. The van der Waals surface area contributed by atoms with Crippen molar-refractivity contribution in [3.05, 3.63) is 0 Å². The molecule has 0 aromatic heterocycles. The molecule has 0 spiro atoms. The van der Waals surface area contributed by atoms with Crippen molar-refractivity contribution in [2.75, 3.05) is 0 Å². The summed E-state index contributed by atoms with van der Waals surface area (Å²) in [6, 6.07) is 0. The molecule has 1 aliphatic rings. The van der Waals surface area contributed by atoms with Crippen LogP contribution in [0.15, 0.2) is 0 Å². The quantitative estimate of drug-likeness (QED) is 0.735. The van der Waals surface area contributed by atoms with Crippen LogP contribution in [0.4, 0.5) is 13.2 Å². The van der Waals surface area contributed by atoms with E-state index < -0.39 is 12.6 Å². The van der Waals surface area contributed by atoms with Gasteiger partial charge in [-0.3, -0.25) is 0 Å². The van der Waals surface area contributed by atoms with Crippen LogP contribution in [0.25, 0.3) is 0 Å². The Morgan fingerprint density at radius 3 is 2.31 bits per heavy atom. The van der Waals surface area contributed by atoms with Gasteiger partial charge in [-0.05, 0) is 31.1 Å². The molecule has 0 radical (unpaired) electrons. The summed E-state index contributed by atoms with van der Waals surface area (Å²) in [5.41, 5.74) is 0. The van der Waals surface area contributed by atoms with Crippen LogP contribution >= 0.6 is 0 Å². The van der Waals surface area contributed by atoms with Gasteiger partial charge in [-0.2, -0.15) is 13.2 Å². The first-order chi connectivity index (χ1) is 5.88. The van der Waals surface area contributed by atoms with Gasteiger partial charge in [-0.25, -0.2) is 0 Å². The van der Waals surface area contributed by atoms with E-state index in [0.717, 1.165) is 12.8 Å². The lowest BCUT2D eigenvalue weighted by Crippen LogP contribution is -2.33. The summed E-state index contributed by atoms with van der Waals surface area (Å²) in [6.45, 7) is 1.60. The van der Waals surface area contributed by atoms with Crippen LogP contribution in [0.5, 0.6) is 0 Å². The number of rotatable bonds is 3. The first kappa shape index (κ1) is 10.8. The number of aliphatic hydroxyl groups excluding tert-OH is 1. The van der Waals surface area contributed by atoms with Gasteiger partial charge in [0.1, 0.15) is 0 Å². The maximum Gasteiger partial charge on any atom is 0.389 e. The van der Waals surface area contributed by atoms with Crippen LogP contribution in [0, 0.1) is 11.8 Å². The highest BCUT2D eigenvalue weighted by Crippen LogP contribution is 2.36. The molecule has 1 saturated carbocycles. The average molecular weight is 196 g/mol. The van der Waals surface area contributed by atoms with Crippen molar-refractivity contribution in [2.24, 2.45) is 11.8 Å². The maximum atomic E-state index is 11.9. The van der Waals surface area contributed by atoms with Crippen molar-refractivity contribution in [2.45, 2.75) is 44.9 Å². The number of hydrogen-bond acceptors (Lipinski definition) is 1. The summed E-state index contributed by atoms with van der Waals surface area (Å²) in [7, 11) is 0. The summed E-state index contributed by atoms with van der Waals surface area (Å²) in [6.07, 6.45) is -3.01. The van der Waals surface area contributed by atoms with E-state index >= 15 is 0 Å². The first-order valence-electron chi connectivity index (χ1n) is 4.63. The molecule has 0 aliphatic heterocycles. The van der Waals surface area contributed by atoms with Gasteiger partial charge in [0.25, 0.3) is 0 Å². The molecular formula is C9H15F3O. The normalized spacial score (nSPS) is 31.2. The van der Waals surface area contributed by atoms with Crippen molar-refractivity contribution in [1.29, 1.82) is 0 Å². The predicted octanol–water partition coefficient (Wildman–Crippen LogP) is 2.74. The maximum absolute atomic E-state index is 11.9. The van der Waals surface area contributed by atoms with Crippen LogP contribution in [0.3, 0.4) is 0 Å². The summed E-state index contributed by atoms with van der Waals surface area (Å²) >= 11 is 0. The molecular weight excluding hydrogens is 181 g/mol. The van der Waals surface area contributed by atoms with Crippen molar-refractivity contribution >= 4 is 0 Å². The zero-order valence-corrected chi connectivity index (χ0v) is 7.64. The largest absolute Gasteiger partial charge is 0.393 e. The number of halogens is 3. The monoisotopic (exact) mass is 196 g/mol. The molecule has 0 aromatic rings. The Labute approximate surface area is 75.9 Å². The third-order valence-electron chi connectivity index (χ3n) is 2.66. The van der Waals surface area contributed by atoms with Crippen molar-refractivity contribution < 1.29 is 18.3 Å². The summed E-state index contributed by atoms with van der Waals surface area (Å²) < 4.78 is 35.7. The van der Waals surface area contributed by atoms with E-state index in [0.29, 0.717) is 6.42 Å². The van der Waals surface area contributed by atoms with E-state index in [2.05, 4.69) is 0 Å². The van der Waals surface area contributed by atoms with E-state index in [1.54, 1.807) is 6.92 Å². The van der Waals surface area contributed by atoms with Gasteiger partial charge >= 0.3 is 6.18 Å². The van der Waals surface area contributed by atoms with E-state index in [-0.39, 0.29) is 17.9 Å². The number of aliphatic hydroxyl groups is 1. The third kappa shape index (κ3) is 3.55. The smallest absolute Gasteiger partial charge is 0.389 e. The fourth-order valence-electron chi connectivity index (χ4n) is 1.82. The van der Waals surface area contributed by atoms with Crippen molar-refractivity contribution in [3.8, 4) is 0 Å². The second kappa shape index (κ2) is 3.86. The van der Waals surface area contributed by atoms with Crippen LogP contribution in [0.1, 0.15) is 32.6 Å². The molecule has 78 valence electrons.